The summed E-state index contributed by atoms with van der Waals surface area (Å²) in [5.74, 6) is 0.481. The number of nitrogens with zero attached hydrogens (tertiary/aromatic N) is 2. The zero-order valence-corrected chi connectivity index (χ0v) is 27.8. The number of likely N-dealkylation sites (tertiary alicyclic amines) is 1. The maximum Gasteiger partial charge on any atom is 0.243 e. The van der Waals surface area contributed by atoms with Crippen LogP contribution in [0.5, 0.6) is 0 Å². The second kappa shape index (κ2) is 15.0. The molecule has 1 aliphatic heterocycles. The zero-order chi connectivity index (χ0) is 31.9. The van der Waals surface area contributed by atoms with Crippen LogP contribution >= 0.6 is 0 Å². The Kier molecular flexibility index (Phi) is 12.2. The lowest BCUT2D eigenvalue weighted by Crippen LogP contribution is -2.62. The summed E-state index contributed by atoms with van der Waals surface area (Å²) in [7, 11) is 3.62. The minimum Gasteiger partial charge on any atom is -0.390 e. The van der Waals surface area contributed by atoms with E-state index in [0.29, 0.717) is 18.3 Å². The molecule has 9 nitrogen and oxygen atoms in total. The van der Waals surface area contributed by atoms with Crippen molar-refractivity contribution in [2.45, 2.75) is 110 Å². The average molecular weight is 600 g/mol. The highest BCUT2D eigenvalue weighted by Crippen LogP contribution is 2.39. The third-order valence-corrected chi connectivity index (χ3v) is 8.71. The second-order valence-electron chi connectivity index (χ2n) is 15.2. The van der Waals surface area contributed by atoms with Gasteiger partial charge in [0.1, 0.15) is 6.04 Å². The SMILES string of the molecule is CN(C)CC(=O)N[C@H](C(=O)N[C@@H](Cc1ccccc1)[C@H](O)CN1C[C@H]2CCCC[C@H]2C[C@H]1C(=O)NC(C)(C)C)C(C)(C)C. The molecule has 1 saturated heterocycles. The molecule has 0 aromatic heterocycles. The van der Waals surface area contributed by atoms with Crippen molar-refractivity contribution in [3.63, 3.8) is 0 Å². The van der Waals surface area contributed by atoms with Gasteiger partial charge in [0.15, 0.2) is 0 Å². The van der Waals surface area contributed by atoms with Gasteiger partial charge in [-0.15, -0.1) is 0 Å². The molecule has 9 heteroatoms. The lowest BCUT2D eigenvalue weighted by Gasteiger charge is -2.47. The topological polar surface area (TPSA) is 114 Å². The highest BCUT2D eigenvalue weighted by molar-refractivity contribution is 5.89. The molecule has 1 aliphatic carbocycles. The number of hydrogen-bond donors (Lipinski definition) is 4. The van der Waals surface area contributed by atoms with E-state index in [1.807, 2.05) is 86.0 Å². The van der Waals surface area contributed by atoms with Crippen LogP contribution in [-0.4, -0.2) is 96.1 Å². The van der Waals surface area contributed by atoms with Gasteiger partial charge in [-0.3, -0.25) is 19.3 Å². The highest BCUT2D eigenvalue weighted by Gasteiger charge is 2.42. The van der Waals surface area contributed by atoms with Gasteiger partial charge in [-0.25, -0.2) is 0 Å². The van der Waals surface area contributed by atoms with Crippen molar-refractivity contribution < 1.29 is 19.5 Å². The maximum absolute atomic E-state index is 13.8. The number of rotatable bonds is 11. The number of nitrogens with one attached hydrogen (secondary N) is 3. The summed E-state index contributed by atoms with van der Waals surface area (Å²) in [6, 6.07) is 8.08. The first kappa shape index (κ1) is 35.0. The largest absolute Gasteiger partial charge is 0.390 e. The smallest absolute Gasteiger partial charge is 0.243 e. The van der Waals surface area contributed by atoms with Crippen LogP contribution < -0.4 is 16.0 Å². The molecule has 0 bridgehead atoms. The lowest BCUT2D eigenvalue weighted by molar-refractivity contribution is -0.134. The zero-order valence-electron chi connectivity index (χ0n) is 27.8. The molecule has 3 rings (SSSR count). The standard InChI is InChI=1S/C34H57N5O4/c1-33(2,3)30(36-29(41)22-38(7)8)32(43)35-26(18-23-14-10-9-11-15-23)28(40)21-39-20-25-17-13-12-16-24(25)19-27(39)31(42)37-34(4,5)6/h9-11,14-15,24-28,30,40H,12-13,16-22H2,1-8H3,(H,35,43)(H,36,41)(H,37,42)/t24-,25+,26-,27-,28+,30+/m0/s1. The summed E-state index contributed by atoms with van der Waals surface area (Å²) in [5.41, 5.74) is 0.0878. The van der Waals surface area contributed by atoms with Gasteiger partial charge in [-0.1, -0.05) is 70.4 Å². The van der Waals surface area contributed by atoms with Crippen LogP contribution in [0.1, 0.15) is 79.2 Å². The number of aliphatic hydroxyl groups excluding tert-OH is 1. The Hall–Kier alpha value is -2.49. The number of carbonyl (C=O) groups is 3. The van der Waals surface area contributed by atoms with Crippen molar-refractivity contribution in [3.8, 4) is 0 Å². The van der Waals surface area contributed by atoms with Gasteiger partial charge in [0.25, 0.3) is 0 Å². The van der Waals surface area contributed by atoms with Gasteiger partial charge in [0.05, 0.1) is 24.7 Å². The van der Waals surface area contributed by atoms with Crippen LogP contribution in [0, 0.1) is 17.3 Å². The minimum absolute atomic E-state index is 0.00349. The van der Waals surface area contributed by atoms with Gasteiger partial charge in [0.2, 0.25) is 17.7 Å². The van der Waals surface area contributed by atoms with Crippen LogP contribution in [0.3, 0.4) is 0 Å². The molecule has 1 aromatic rings. The Morgan fingerprint density at radius 1 is 0.977 bits per heavy atom. The third-order valence-electron chi connectivity index (χ3n) is 8.71. The van der Waals surface area contributed by atoms with Crippen molar-refractivity contribution in [2.24, 2.45) is 17.3 Å². The number of likely N-dealkylation sites (N-methyl/N-ethyl adjacent to an activating group) is 1. The summed E-state index contributed by atoms with van der Waals surface area (Å²) >= 11 is 0. The van der Waals surface area contributed by atoms with Gasteiger partial charge in [0, 0.05) is 18.6 Å². The van der Waals surface area contributed by atoms with Gasteiger partial charge >= 0.3 is 0 Å². The minimum atomic E-state index is -0.924. The Bertz CT molecular complexity index is 1060. The first-order chi connectivity index (χ1) is 20.0. The molecule has 1 heterocycles. The summed E-state index contributed by atoms with van der Waals surface area (Å²) in [4.78, 5) is 43.9. The molecule has 1 saturated carbocycles. The number of carbonyl (C=O) groups excluding carboxylic acids is 3. The molecular formula is C34H57N5O4. The molecule has 0 radical (unpaired) electrons. The van der Waals surface area contributed by atoms with Gasteiger partial charge in [-0.05, 0) is 76.9 Å². The van der Waals surface area contributed by atoms with Crippen molar-refractivity contribution >= 4 is 17.7 Å². The molecule has 3 amide bonds. The van der Waals surface area contributed by atoms with Crippen molar-refractivity contribution in [1.82, 2.24) is 25.8 Å². The first-order valence-corrected chi connectivity index (χ1v) is 16.1. The van der Waals surface area contributed by atoms with E-state index in [9.17, 15) is 19.5 Å². The molecule has 2 fully saturated rings. The molecular weight excluding hydrogens is 542 g/mol. The fourth-order valence-electron chi connectivity index (χ4n) is 6.58. The predicted molar refractivity (Wildman–Crippen MR) is 171 cm³/mol. The highest BCUT2D eigenvalue weighted by atomic mass is 16.3. The predicted octanol–water partition coefficient (Wildman–Crippen LogP) is 2.96. The number of β-amino-alcohol motifs (C(OH)–C–C–N with tert-alkyl or cyclic N) is 1. The van der Waals surface area contributed by atoms with Gasteiger partial charge in [-0.2, -0.15) is 0 Å². The Morgan fingerprint density at radius 2 is 1.60 bits per heavy atom. The molecule has 6 atom stereocenters. The summed E-state index contributed by atoms with van der Waals surface area (Å²) in [6.45, 7) is 12.9. The fraction of sp³-hybridized carbons (Fsp3) is 0.735. The number of amides is 3. The van der Waals surface area contributed by atoms with Crippen molar-refractivity contribution in [3.05, 3.63) is 35.9 Å². The summed E-state index contributed by atoms with van der Waals surface area (Å²) in [5, 5.41) is 21.0. The number of benzene rings is 1. The Labute approximate surface area is 259 Å². The van der Waals surface area contributed by atoms with Crippen molar-refractivity contribution in [2.75, 3.05) is 33.7 Å². The van der Waals surface area contributed by atoms with E-state index >= 15 is 0 Å². The number of hydrogen-bond acceptors (Lipinski definition) is 6. The lowest BCUT2D eigenvalue weighted by atomic mass is 9.72. The summed E-state index contributed by atoms with van der Waals surface area (Å²) in [6.07, 6.45) is 5.01. The maximum atomic E-state index is 13.8. The van der Waals surface area contributed by atoms with E-state index in [-0.39, 0.29) is 42.4 Å². The molecule has 43 heavy (non-hydrogen) atoms. The molecule has 1 aromatic carbocycles. The fourth-order valence-corrected chi connectivity index (χ4v) is 6.58. The van der Waals surface area contributed by atoms with Crippen LogP contribution in [0.15, 0.2) is 30.3 Å². The number of piperidine rings is 1. The van der Waals surface area contributed by atoms with Crippen LogP contribution in [0.4, 0.5) is 0 Å². The van der Waals surface area contributed by atoms with Crippen LogP contribution in [0.25, 0.3) is 0 Å². The second-order valence-corrected chi connectivity index (χ2v) is 15.2. The van der Waals surface area contributed by atoms with E-state index in [0.717, 1.165) is 31.4 Å². The van der Waals surface area contributed by atoms with Crippen molar-refractivity contribution in [1.29, 1.82) is 0 Å². The first-order valence-electron chi connectivity index (χ1n) is 16.1. The Balaban J connectivity index is 1.84. The van der Waals surface area contributed by atoms with E-state index in [1.165, 1.54) is 12.8 Å². The Morgan fingerprint density at radius 3 is 2.19 bits per heavy atom. The molecule has 4 N–H and O–H groups in total. The molecule has 2 aliphatic rings. The van der Waals surface area contributed by atoms with Gasteiger partial charge < -0.3 is 26.0 Å². The normalized spacial score (nSPS) is 23.5. The monoisotopic (exact) mass is 599 g/mol. The van der Waals surface area contributed by atoms with Crippen LogP contribution in [0.2, 0.25) is 0 Å². The van der Waals surface area contributed by atoms with Crippen LogP contribution in [-0.2, 0) is 20.8 Å². The van der Waals surface area contributed by atoms with E-state index in [1.54, 1.807) is 4.90 Å². The molecule has 0 unspecified atom stereocenters. The van der Waals surface area contributed by atoms with E-state index in [2.05, 4.69) is 20.9 Å². The number of aliphatic hydroxyl groups is 1. The average Bonchev–Trinajstić information content (AvgIpc) is 2.89. The molecule has 242 valence electrons. The molecule has 0 spiro atoms. The quantitative estimate of drug-likeness (QED) is 0.311. The third kappa shape index (κ3) is 10.9. The summed E-state index contributed by atoms with van der Waals surface area (Å²) < 4.78 is 0. The van der Waals surface area contributed by atoms with E-state index in [4.69, 9.17) is 0 Å². The number of fused-ring (bicyclic) bond motifs is 1. The van der Waals surface area contributed by atoms with E-state index < -0.39 is 23.6 Å².